The minimum atomic E-state index is -0.611. The molecule has 1 fully saturated rings. The Kier molecular flexibility index (Phi) is 5.17. The van der Waals surface area contributed by atoms with Crippen molar-refractivity contribution in [3.63, 3.8) is 0 Å². The Hall–Kier alpha value is -1.37. The van der Waals surface area contributed by atoms with E-state index in [9.17, 15) is 5.26 Å². The van der Waals surface area contributed by atoms with E-state index < -0.39 is 5.54 Å². The second kappa shape index (κ2) is 6.88. The van der Waals surface area contributed by atoms with Crippen molar-refractivity contribution < 1.29 is 0 Å². The SMILES string of the molecule is CNC(C#N)(CN1CCCCCC1C)c1ccccc1. The van der Waals surface area contributed by atoms with E-state index in [0.29, 0.717) is 6.04 Å². The summed E-state index contributed by atoms with van der Waals surface area (Å²) in [4.78, 5) is 2.47. The van der Waals surface area contributed by atoms with Crippen LogP contribution in [0, 0.1) is 11.3 Å². The molecule has 0 saturated carbocycles. The molecule has 1 aliphatic rings. The Labute approximate surface area is 122 Å². The van der Waals surface area contributed by atoms with E-state index in [-0.39, 0.29) is 0 Å². The standard InChI is InChI=1S/C17H25N3/c1-15-9-5-4-8-12-20(15)14-17(13-18,19-2)16-10-6-3-7-11-16/h3,6-7,10-11,15,19H,4-5,8-9,12,14H2,1-2H3. The highest BCUT2D eigenvalue weighted by Crippen LogP contribution is 2.25. The Morgan fingerprint density at radius 2 is 2.05 bits per heavy atom. The fourth-order valence-corrected chi connectivity index (χ4v) is 3.07. The van der Waals surface area contributed by atoms with Gasteiger partial charge in [-0.1, -0.05) is 43.2 Å². The van der Waals surface area contributed by atoms with Gasteiger partial charge in [0.1, 0.15) is 5.54 Å². The van der Waals surface area contributed by atoms with Crippen molar-refractivity contribution in [2.45, 2.75) is 44.2 Å². The van der Waals surface area contributed by atoms with Gasteiger partial charge in [-0.05, 0) is 38.9 Å². The van der Waals surface area contributed by atoms with Crippen LogP contribution >= 0.6 is 0 Å². The van der Waals surface area contributed by atoms with Gasteiger partial charge in [0.15, 0.2) is 0 Å². The van der Waals surface area contributed by atoms with Gasteiger partial charge in [0, 0.05) is 12.6 Å². The average Bonchev–Trinajstić information content (AvgIpc) is 2.70. The first kappa shape index (κ1) is 15.0. The normalized spacial score (nSPS) is 23.6. The largest absolute Gasteiger partial charge is 0.298 e. The number of likely N-dealkylation sites (tertiary alicyclic amines) is 1. The van der Waals surface area contributed by atoms with E-state index in [4.69, 9.17) is 0 Å². The minimum absolute atomic E-state index is 0.558. The molecule has 0 spiro atoms. The third-order valence-electron chi connectivity index (χ3n) is 4.52. The molecule has 1 aliphatic heterocycles. The molecule has 3 heteroatoms. The summed E-state index contributed by atoms with van der Waals surface area (Å²) in [5, 5.41) is 13.0. The molecule has 20 heavy (non-hydrogen) atoms. The Morgan fingerprint density at radius 1 is 1.30 bits per heavy atom. The van der Waals surface area contributed by atoms with Crippen LogP contribution in [0.2, 0.25) is 0 Å². The molecule has 0 aromatic heterocycles. The zero-order chi connectivity index (χ0) is 14.4. The summed E-state index contributed by atoms with van der Waals surface area (Å²) < 4.78 is 0. The van der Waals surface area contributed by atoms with Gasteiger partial charge in [0.25, 0.3) is 0 Å². The summed E-state index contributed by atoms with van der Waals surface area (Å²) in [6.07, 6.45) is 5.10. The lowest BCUT2D eigenvalue weighted by Gasteiger charge is -2.36. The molecule has 0 amide bonds. The maximum absolute atomic E-state index is 9.78. The number of nitriles is 1. The van der Waals surface area contributed by atoms with Crippen molar-refractivity contribution in [1.29, 1.82) is 5.26 Å². The summed E-state index contributed by atoms with van der Waals surface area (Å²) in [7, 11) is 1.89. The van der Waals surface area contributed by atoms with Gasteiger partial charge in [0.2, 0.25) is 0 Å². The Balaban J connectivity index is 2.23. The molecule has 2 atom stereocenters. The number of hydrogen-bond donors (Lipinski definition) is 1. The van der Waals surface area contributed by atoms with Crippen molar-refractivity contribution in [2.24, 2.45) is 0 Å². The first-order valence-electron chi connectivity index (χ1n) is 7.61. The van der Waals surface area contributed by atoms with Crippen LogP contribution in [0.4, 0.5) is 0 Å². The zero-order valence-electron chi connectivity index (χ0n) is 12.6. The Morgan fingerprint density at radius 3 is 2.70 bits per heavy atom. The first-order chi connectivity index (χ1) is 9.72. The molecule has 0 bridgehead atoms. The summed E-state index contributed by atoms with van der Waals surface area (Å²) in [6, 6.07) is 13.2. The summed E-state index contributed by atoms with van der Waals surface area (Å²) >= 11 is 0. The molecule has 2 unspecified atom stereocenters. The number of benzene rings is 1. The quantitative estimate of drug-likeness (QED) is 0.915. The van der Waals surface area contributed by atoms with Crippen LogP contribution in [0.25, 0.3) is 0 Å². The van der Waals surface area contributed by atoms with E-state index in [1.165, 1.54) is 25.7 Å². The van der Waals surface area contributed by atoms with E-state index in [0.717, 1.165) is 18.7 Å². The van der Waals surface area contributed by atoms with E-state index in [1.54, 1.807) is 0 Å². The first-order valence-corrected chi connectivity index (χ1v) is 7.61. The van der Waals surface area contributed by atoms with Crippen molar-refractivity contribution in [1.82, 2.24) is 10.2 Å². The van der Waals surface area contributed by atoms with Crippen molar-refractivity contribution in [2.75, 3.05) is 20.1 Å². The fraction of sp³-hybridized carbons (Fsp3) is 0.588. The molecule has 1 heterocycles. The van der Waals surface area contributed by atoms with Crippen molar-refractivity contribution in [3.05, 3.63) is 35.9 Å². The monoisotopic (exact) mass is 271 g/mol. The maximum Gasteiger partial charge on any atom is 0.144 e. The maximum atomic E-state index is 9.78. The summed E-state index contributed by atoms with van der Waals surface area (Å²) in [5.74, 6) is 0. The molecule has 0 aliphatic carbocycles. The summed E-state index contributed by atoms with van der Waals surface area (Å²) in [6.45, 7) is 4.14. The van der Waals surface area contributed by atoms with Gasteiger partial charge in [0.05, 0.1) is 6.07 Å². The number of nitrogens with zero attached hydrogens (tertiary/aromatic N) is 2. The molecular weight excluding hydrogens is 246 g/mol. The smallest absolute Gasteiger partial charge is 0.144 e. The molecular formula is C17H25N3. The lowest BCUT2D eigenvalue weighted by Crippen LogP contribution is -2.51. The average molecular weight is 271 g/mol. The minimum Gasteiger partial charge on any atom is -0.298 e. The lowest BCUT2D eigenvalue weighted by molar-refractivity contribution is 0.170. The molecule has 1 saturated heterocycles. The third kappa shape index (κ3) is 3.20. The van der Waals surface area contributed by atoms with Gasteiger partial charge >= 0.3 is 0 Å². The van der Waals surface area contributed by atoms with Gasteiger partial charge in [-0.15, -0.1) is 0 Å². The van der Waals surface area contributed by atoms with Crippen LogP contribution in [-0.4, -0.2) is 31.1 Å². The van der Waals surface area contributed by atoms with Crippen LogP contribution < -0.4 is 5.32 Å². The van der Waals surface area contributed by atoms with Gasteiger partial charge in [-0.25, -0.2) is 0 Å². The van der Waals surface area contributed by atoms with Gasteiger partial charge in [-0.3, -0.25) is 10.2 Å². The second-order valence-electron chi connectivity index (χ2n) is 5.80. The Bertz CT molecular complexity index is 451. The molecule has 2 rings (SSSR count). The molecule has 1 N–H and O–H groups in total. The predicted molar refractivity (Wildman–Crippen MR) is 82.3 cm³/mol. The van der Waals surface area contributed by atoms with Gasteiger partial charge < -0.3 is 0 Å². The number of rotatable bonds is 4. The number of hydrogen-bond acceptors (Lipinski definition) is 3. The van der Waals surface area contributed by atoms with Crippen molar-refractivity contribution >= 4 is 0 Å². The summed E-state index contributed by atoms with van der Waals surface area (Å²) in [5.41, 5.74) is 0.446. The van der Waals surface area contributed by atoms with Gasteiger partial charge in [-0.2, -0.15) is 5.26 Å². The topological polar surface area (TPSA) is 39.1 Å². The third-order valence-corrected chi connectivity index (χ3v) is 4.52. The highest BCUT2D eigenvalue weighted by molar-refractivity contribution is 5.32. The molecule has 3 nitrogen and oxygen atoms in total. The molecule has 1 aromatic rings. The molecule has 108 valence electrons. The number of nitrogens with one attached hydrogen (secondary N) is 1. The van der Waals surface area contributed by atoms with Crippen LogP contribution in [0.5, 0.6) is 0 Å². The zero-order valence-corrected chi connectivity index (χ0v) is 12.6. The predicted octanol–water partition coefficient (Wildman–Crippen LogP) is 2.89. The molecule has 0 radical (unpaired) electrons. The van der Waals surface area contributed by atoms with E-state index >= 15 is 0 Å². The van der Waals surface area contributed by atoms with Crippen LogP contribution in [0.15, 0.2) is 30.3 Å². The van der Waals surface area contributed by atoms with Crippen LogP contribution in [-0.2, 0) is 5.54 Å². The van der Waals surface area contributed by atoms with E-state index in [1.807, 2.05) is 37.4 Å². The lowest BCUT2D eigenvalue weighted by atomic mass is 9.90. The highest BCUT2D eigenvalue weighted by atomic mass is 15.2. The van der Waals surface area contributed by atoms with Crippen LogP contribution in [0.1, 0.15) is 38.2 Å². The van der Waals surface area contributed by atoms with Crippen molar-refractivity contribution in [3.8, 4) is 6.07 Å². The number of likely N-dealkylation sites (N-methyl/N-ethyl adjacent to an activating group) is 1. The fourth-order valence-electron chi connectivity index (χ4n) is 3.07. The van der Waals surface area contributed by atoms with E-state index in [2.05, 4.69) is 23.2 Å². The molecule has 1 aromatic carbocycles. The van der Waals surface area contributed by atoms with Crippen LogP contribution in [0.3, 0.4) is 0 Å². The highest BCUT2D eigenvalue weighted by Gasteiger charge is 2.34. The second-order valence-corrected chi connectivity index (χ2v) is 5.80.